The average Bonchev–Trinajstić information content (AvgIpc) is 3.28. The third kappa shape index (κ3) is 4.84. The minimum absolute atomic E-state index is 0.181. The molecule has 4 aromatic rings. The summed E-state index contributed by atoms with van der Waals surface area (Å²) >= 11 is 1.23. The number of rotatable bonds is 8. The second-order valence-corrected chi connectivity index (χ2v) is 10.2. The number of hydrogen-bond donors (Lipinski definition) is 0. The molecular formula is C31H30N2O7S. The minimum Gasteiger partial charge on any atom is -0.496 e. The summed E-state index contributed by atoms with van der Waals surface area (Å²) in [6.45, 7) is 3.68. The Morgan fingerprint density at radius 3 is 2.29 bits per heavy atom. The third-order valence-corrected chi connectivity index (χ3v) is 7.91. The molecule has 1 aliphatic rings. The highest BCUT2D eigenvalue weighted by Crippen LogP contribution is 2.41. The molecule has 1 aliphatic heterocycles. The SMILES string of the molecule is CCOC(=O)C1=C(C)N=c2s/c(=C/c3cc(OC)c(OC)c(OC)c3)c(=O)n2[C@@H]1c1c(OC)ccc2ccccc12. The molecule has 0 saturated heterocycles. The maximum atomic E-state index is 14.2. The summed E-state index contributed by atoms with van der Waals surface area (Å²) in [6, 6.07) is 14.3. The summed E-state index contributed by atoms with van der Waals surface area (Å²) in [7, 11) is 6.17. The lowest BCUT2D eigenvalue weighted by molar-refractivity contribution is -0.139. The standard InChI is InChI=1S/C31H30N2O7S/c1-7-40-30(35)25-17(2)32-31-33(27(25)26-20-11-9-8-10-19(20)12-13-21(26)36-3)29(34)24(41-31)16-18-14-22(37-4)28(39-6)23(15-18)38-5/h8-16,27H,7H2,1-6H3/b24-16+/t27-/m0/s1. The lowest BCUT2D eigenvalue weighted by atomic mass is 9.90. The third-order valence-electron chi connectivity index (χ3n) is 6.93. The molecule has 5 rings (SSSR count). The summed E-state index contributed by atoms with van der Waals surface area (Å²) in [4.78, 5) is 32.7. The maximum Gasteiger partial charge on any atom is 0.338 e. The number of carbonyl (C=O) groups is 1. The van der Waals surface area contributed by atoms with Crippen molar-refractivity contribution in [3.63, 3.8) is 0 Å². The summed E-state index contributed by atoms with van der Waals surface area (Å²) in [5.41, 5.74) is 1.81. The van der Waals surface area contributed by atoms with Gasteiger partial charge in [-0.25, -0.2) is 9.79 Å². The van der Waals surface area contributed by atoms with Crippen LogP contribution in [0.15, 0.2) is 69.6 Å². The molecule has 1 atom stereocenters. The Morgan fingerprint density at radius 1 is 0.976 bits per heavy atom. The highest BCUT2D eigenvalue weighted by atomic mass is 32.1. The molecule has 0 N–H and O–H groups in total. The van der Waals surface area contributed by atoms with Crippen LogP contribution in [-0.2, 0) is 9.53 Å². The fourth-order valence-corrected chi connectivity index (χ4v) is 6.18. The van der Waals surface area contributed by atoms with Crippen molar-refractivity contribution in [3.05, 3.63) is 90.6 Å². The number of nitrogens with zero attached hydrogens (tertiary/aromatic N) is 2. The van der Waals surface area contributed by atoms with Crippen LogP contribution in [0.3, 0.4) is 0 Å². The second kappa shape index (κ2) is 11.5. The smallest absolute Gasteiger partial charge is 0.338 e. The van der Waals surface area contributed by atoms with Crippen molar-refractivity contribution in [2.24, 2.45) is 4.99 Å². The Bertz CT molecular complexity index is 1840. The van der Waals surface area contributed by atoms with Gasteiger partial charge in [-0.2, -0.15) is 0 Å². The molecule has 3 aromatic carbocycles. The van der Waals surface area contributed by atoms with Gasteiger partial charge < -0.3 is 23.7 Å². The molecular weight excluding hydrogens is 544 g/mol. The Balaban J connectivity index is 1.82. The fourth-order valence-electron chi connectivity index (χ4n) is 5.14. The molecule has 2 heterocycles. The van der Waals surface area contributed by atoms with E-state index in [0.29, 0.717) is 49.2 Å². The zero-order valence-corrected chi connectivity index (χ0v) is 24.5. The van der Waals surface area contributed by atoms with E-state index in [-0.39, 0.29) is 17.7 Å². The number of aromatic nitrogens is 1. The molecule has 41 heavy (non-hydrogen) atoms. The van der Waals surface area contributed by atoms with E-state index < -0.39 is 12.0 Å². The van der Waals surface area contributed by atoms with Gasteiger partial charge in [0, 0.05) is 5.56 Å². The summed E-state index contributed by atoms with van der Waals surface area (Å²) < 4.78 is 29.6. The van der Waals surface area contributed by atoms with Crippen molar-refractivity contribution >= 4 is 34.2 Å². The van der Waals surface area contributed by atoms with E-state index in [1.54, 1.807) is 43.7 Å². The number of methoxy groups -OCH3 is 4. The molecule has 0 unspecified atom stereocenters. The monoisotopic (exact) mass is 574 g/mol. The maximum absolute atomic E-state index is 14.2. The molecule has 10 heteroatoms. The zero-order valence-electron chi connectivity index (χ0n) is 23.6. The molecule has 212 valence electrons. The molecule has 9 nitrogen and oxygen atoms in total. The zero-order chi connectivity index (χ0) is 29.3. The van der Waals surface area contributed by atoms with E-state index >= 15 is 0 Å². The van der Waals surface area contributed by atoms with Crippen molar-refractivity contribution in [3.8, 4) is 23.0 Å². The van der Waals surface area contributed by atoms with E-state index in [4.69, 9.17) is 23.7 Å². The van der Waals surface area contributed by atoms with Crippen LogP contribution < -0.4 is 33.8 Å². The van der Waals surface area contributed by atoms with Crippen LogP contribution in [0.25, 0.3) is 16.8 Å². The Kier molecular flexibility index (Phi) is 7.85. The molecule has 0 fully saturated rings. The van der Waals surface area contributed by atoms with Crippen molar-refractivity contribution in [1.82, 2.24) is 4.57 Å². The molecule has 0 amide bonds. The fraction of sp³-hybridized carbons (Fsp3) is 0.258. The van der Waals surface area contributed by atoms with Crippen molar-refractivity contribution < 1.29 is 28.5 Å². The second-order valence-electron chi connectivity index (χ2n) is 9.16. The Hall–Kier alpha value is -4.57. The van der Waals surface area contributed by atoms with Gasteiger partial charge >= 0.3 is 5.97 Å². The van der Waals surface area contributed by atoms with Gasteiger partial charge in [0.1, 0.15) is 11.8 Å². The Labute approximate surface area is 240 Å². The van der Waals surface area contributed by atoms with Gasteiger partial charge in [-0.05, 0) is 54.5 Å². The van der Waals surface area contributed by atoms with Crippen molar-refractivity contribution in [2.45, 2.75) is 19.9 Å². The molecule has 0 spiro atoms. The van der Waals surface area contributed by atoms with Gasteiger partial charge in [0.05, 0.1) is 50.8 Å². The first kappa shape index (κ1) is 28.0. The van der Waals surface area contributed by atoms with Crippen LogP contribution in [0.4, 0.5) is 0 Å². The number of hydrogen-bond acceptors (Lipinski definition) is 9. The van der Waals surface area contributed by atoms with E-state index in [2.05, 4.69) is 4.99 Å². The van der Waals surface area contributed by atoms with Gasteiger partial charge in [-0.1, -0.05) is 41.7 Å². The Morgan fingerprint density at radius 2 is 1.66 bits per heavy atom. The number of ether oxygens (including phenoxy) is 5. The van der Waals surface area contributed by atoms with E-state index in [1.807, 2.05) is 36.4 Å². The number of esters is 1. The van der Waals surface area contributed by atoms with Gasteiger partial charge in [0.25, 0.3) is 5.56 Å². The number of thiazole rings is 1. The number of carbonyl (C=O) groups excluding carboxylic acids is 1. The van der Waals surface area contributed by atoms with Gasteiger partial charge in [0.2, 0.25) is 5.75 Å². The first-order valence-corrected chi connectivity index (χ1v) is 13.7. The van der Waals surface area contributed by atoms with Crippen molar-refractivity contribution in [1.29, 1.82) is 0 Å². The summed E-state index contributed by atoms with van der Waals surface area (Å²) in [5.74, 6) is 1.39. The van der Waals surface area contributed by atoms with Crippen LogP contribution in [-0.4, -0.2) is 45.6 Å². The van der Waals surface area contributed by atoms with Crippen LogP contribution in [0, 0.1) is 0 Å². The van der Waals surface area contributed by atoms with Gasteiger partial charge in [-0.15, -0.1) is 0 Å². The molecule has 0 radical (unpaired) electrons. The largest absolute Gasteiger partial charge is 0.496 e. The van der Waals surface area contributed by atoms with E-state index in [1.165, 1.54) is 32.7 Å². The first-order valence-electron chi connectivity index (χ1n) is 12.9. The lowest BCUT2D eigenvalue weighted by Gasteiger charge is -2.27. The molecule has 1 aromatic heterocycles. The van der Waals surface area contributed by atoms with E-state index in [0.717, 1.165) is 10.8 Å². The van der Waals surface area contributed by atoms with E-state index in [9.17, 15) is 9.59 Å². The molecule has 0 aliphatic carbocycles. The molecule has 0 bridgehead atoms. The van der Waals surface area contributed by atoms with Crippen LogP contribution >= 0.6 is 11.3 Å². The lowest BCUT2D eigenvalue weighted by Crippen LogP contribution is -2.40. The van der Waals surface area contributed by atoms with Crippen molar-refractivity contribution in [2.75, 3.05) is 35.0 Å². The normalized spacial score (nSPS) is 14.9. The predicted octanol–water partition coefficient (Wildman–Crippen LogP) is 3.99. The number of benzene rings is 3. The summed E-state index contributed by atoms with van der Waals surface area (Å²) in [6.07, 6.45) is 1.75. The highest BCUT2D eigenvalue weighted by Gasteiger charge is 2.36. The van der Waals surface area contributed by atoms with Crippen LogP contribution in [0.5, 0.6) is 23.0 Å². The average molecular weight is 575 g/mol. The summed E-state index contributed by atoms with van der Waals surface area (Å²) in [5, 5.41) is 1.80. The molecule has 0 saturated carbocycles. The highest BCUT2D eigenvalue weighted by molar-refractivity contribution is 7.07. The topological polar surface area (TPSA) is 97.6 Å². The predicted molar refractivity (Wildman–Crippen MR) is 157 cm³/mol. The number of allylic oxidation sites excluding steroid dienone is 1. The van der Waals surface area contributed by atoms with Crippen LogP contribution in [0.1, 0.15) is 31.0 Å². The van der Waals surface area contributed by atoms with Crippen LogP contribution in [0.2, 0.25) is 0 Å². The number of fused-ring (bicyclic) bond motifs is 2. The first-order chi connectivity index (χ1) is 19.9. The van der Waals surface area contributed by atoms with Gasteiger partial charge in [-0.3, -0.25) is 9.36 Å². The quantitative estimate of drug-likeness (QED) is 0.294. The van der Waals surface area contributed by atoms with Gasteiger partial charge in [0.15, 0.2) is 16.3 Å². The minimum atomic E-state index is -0.826.